The molecule has 0 aliphatic rings. The third-order valence-electron chi connectivity index (χ3n) is 1.65. The van der Waals surface area contributed by atoms with Crippen LogP contribution in [-0.4, -0.2) is 31.9 Å². The predicted molar refractivity (Wildman–Crippen MR) is 52.9 cm³/mol. The Morgan fingerprint density at radius 3 is 2.62 bits per heavy atom. The molecule has 0 amide bonds. The normalized spacial score (nSPS) is 14.0. The minimum Gasteiger partial charge on any atom is -0.396 e. The summed E-state index contributed by atoms with van der Waals surface area (Å²) in [5.74, 6) is -0.0745. The van der Waals surface area contributed by atoms with E-state index in [2.05, 4.69) is 11.3 Å². The molecule has 5 heteroatoms. The van der Waals surface area contributed by atoms with Gasteiger partial charge in [0.05, 0.1) is 5.75 Å². The number of hydrogen-bond donors (Lipinski definition) is 2. The average molecular weight is 207 g/mol. The van der Waals surface area contributed by atoms with Crippen molar-refractivity contribution in [3.05, 3.63) is 12.7 Å². The van der Waals surface area contributed by atoms with Gasteiger partial charge >= 0.3 is 0 Å². The van der Waals surface area contributed by atoms with Crippen LogP contribution < -0.4 is 4.72 Å². The van der Waals surface area contributed by atoms with E-state index in [1.165, 1.54) is 6.08 Å². The van der Waals surface area contributed by atoms with Gasteiger partial charge in [-0.05, 0) is 12.8 Å². The Balaban J connectivity index is 4.13. The Morgan fingerprint density at radius 1 is 1.62 bits per heavy atom. The lowest BCUT2D eigenvalue weighted by atomic mass is 10.2. The molecule has 0 spiro atoms. The Bertz CT molecular complexity index is 236. The van der Waals surface area contributed by atoms with Gasteiger partial charge in [-0.25, -0.2) is 13.1 Å². The quantitative estimate of drug-likeness (QED) is 0.588. The highest BCUT2D eigenvalue weighted by atomic mass is 32.2. The first kappa shape index (κ1) is 12.6. The fraction of sp³-hybridized carbons (Fsp3) is 0.750. The van der Waals surface area contributed by atoms with Crippen LogP contribution in [0.1, 0.15) is 19.8 Å². The van der Waals surface area contributed by atoms with Crippen LogP contribution in [-0.2, 0) is 10.0 Å². The van der Waals surface area contributed by atoms with Gasteiger partial charge in [0.15, 0.2) is 0 Å². The second-order valence-corrected chi connectivity index (χ2v) is 4.60. The summed E-state index contributed by atoms with van der Waals surface area (Å²) in [6.45, 7) is 5.22. The second kappa shape index (κ2) is 6.12. The van der Waals surface area contributed by atoms with Gasteiger partial charge in [0, 0.05) is 12.6 Å². The van der Waals surface area contributed by atoms with Crippen LogP contribution in [0.2, 0.25) is 0 Å². The lowest BCUT2D eigenvalue weighted by Gasteiger charge is -2.14. The highest BCUT2D eigenvalue weighted by Crippen LogP contribution is 1.99. The zero-order valence-electron chi connectivity index (χ0n) is 7.86. The maximum absolute atomic E-state index is 11.2. The van der Waals surface area contributed by atoms with Gasteiger partial charge in [0.1, 0.15) is 0 Å². The summed E-state index contributed by atoms with van der Waals surface area (Å²) in [5.41, 5.74) is 0. The van der Waals surface area contributed by atoms with E-state index in [4.69, 9.17) is 5.11 Å². The maximum Gasteiger partial charge on any atom is 0.215 e. The molecule has 0 saturated heterocycles. The van der Waals surface area contributed by atoms with Crippen LogP contribution in [0.4, 0.5) is 0 Å². The number of aliphatic hydroxyl groups is 1. The monoisotopic (exact) mass is 207 g/mol. The molecule has 0 fully saturated rings. The molecule has 78 valence electrons. The molecule has 0 rings (SSSR count). The van der Waals surface area contributed by atoms with E-state index in [0.717, 1.165) is 0 Å². The van der Waals surface area contributed by atoms with Crippen molar-refractivity contribution in [1.29, 1.82) is 0 Å². The lowest BCUT2D eigenvalue weighted by Crippen LogP contribution is -2.36. The molecule has 0 aromatic heterocycles. The molecular formula is C8H17NO3S. The van der Waals surface area contributed by atoms with Crippen LogP contribution in [0.25, 0.3) is 0 Å². The molecule has 0 radical (unpaired) electrons. The zero-order chi connectivity index (χ0) is 10.3. The number of nitrogens with one attached hydrogen (secondary N) is 1. The van der Waals surface area contributed by atoms with Gasteiger partial charge in [-0.3, -0.25) is 0 Å². The third kappa shape index (κ3) is 5.79. The number of hydrogen-bond acceptors (Lipinski definition) is 3. The molecule has 4 nitrogen and oxygen atoms in total. The average Bonchev–Trinajstić information content (AvgIpc) is 2.03. The summed E-state index contributed by atoms with van der Waals surface area (Å²) in [4.78, 5) is 0. The topological polar surface area (TPSA) is 66.4 Å². The molecule has 2 N–H and O–H groups in total. The van der Waals surface area contributed by atoms with Crippen molar-refractivity contribution in [3.63, 3.8) is 0 Å². The molecule has 0 aromatic carbocycles. The number of aliphatic hydroxyl groups excluding tert-OH is 1. The van der Waals surface area contributed by atoms with Crippen LogP contribution in [0.5, 0.6) is 0 Å². The summed E-state index contributed by atoms with van der Waals surface area (Å²) < 4.78 is 24.9. The van der Waals surface area contributed by atoms with Crippen molar-refractivity contribution in [2.24, 2.45) is 0 Å². The van der Waals surface area contributed by atoms with Crippen molar-refractivity contribution < 1.29 is 13.5 Å². The maximum atomic E-state index is 11.2. The molecular weight excluding hydrogens is 190 g/mol. The predicted octanol–water partition coefficient (Wildman–Crippen LogP) is 0.253. The number of rotatable bonds is 7. The first-order valence-corrected chi connectivity index (χ1v) is 5.92. The van der Waals surface area contributed by atoms with E-state index in [1.54, 1.807) is 0 Å². The van der Waals surface area contributed by atoms with Crippen LogP contribution >= 0.6 is 0 Å². The zero-order valence-corrected chi connectivity index (χ0v) is 8.68. The van der Waals surface area contributed by atoms with Crippen molar-refractivity contribution in [3.8, 4) is 0 Å². The van der Waals surface area contributed by atoms with Gasteiger partial charge in [-0.15, -0.1) is 6.58 Å². The Hall–Kier alpha value is -0.390. The lowest BCUT2D eigenvalue weighted by molar-refractivity contribution is 0.270. The molecule has 0 aliphatic heterocycles. The summed E-state index contributed by atoms with van der Waals surface area (Å²) in [6, 6.07) is -0.171. The molecule has 1 unspecified atom stereocenters. The molecule has 0 bridgehead atoms. The summed E-state index contributed by atoms with van der Waals surface area (Å²) in [7, 11) is -3.24. The van der Waals surface area contributed by atoms with Crippen molar-refractivity contribution in [2.45, 2.75) is 25.8 Å². The van der Waals surface area contributed by atoms with E-state index < -0.39 is 10.0 Å². The Labute approximate surface area is 79.7 Å². The van der Waals surface area contributed by atoms with E-state index in [-0.39, 0.29) is 18.4 Å². The Kier molecular flexibility index (Phi) is 5.94. The van der Waals surface area contributed by atoms with Crippen LogP contribution in [0.15, 0.2) is 12.7 Å². The summed E-state index contributed by atoms with van der Waals surface area (Å²) >= 11 is 0. The standard InChI is InChI=1S/C8H17NO3S/c1-3-7-13(11,12)9-8(4-2)5-6-10/h3,8-10H,1,4-7H2,2H3. The minimum atomic E-state index is -3.24. The van der Waals surface area contributed by atoms with E-state index in [1.807, 2.05) is 6.92 Å². The van der Waals surface area contributed by atoms with Gasteiger partial charge in [-0.1, -0.05) is 13.0 Å². The first-order chi connectivity index (χ1) is 6.05. The van der Waals surface area contributed by atoms with E-state index >= 15 is 0 Å². The molecule has 0 aliphatic carbocycles. The minimum absolute atomic E-state index is 0.00485. The first-order valence-electron chi connectivity index (χ1n) is 4.27. The van der Waals surface area contributed by atoms with Crippen molar-refractivity contribution in [2.75, 3.05) is 12.4 Å². The molecule has 1 atom stereocenters. The number of sulfonamides is 1. The van der Waals surface area contributed by atoms with E-state index in [0.29, 0.717) is 12.8 Å². The van der Waals surface area contributed by atoms with Gasteiger partial charge < -0.3 is 5.11 Å². The smallest absolute Gasteiger partial charge is 0.215 e. The van der Waals surface area contributed by atoms with Gasteiger partial charge in [0.25, 0.3) is 0 Å². The Morgan fingerprint density at radius 2 is 2.23 bits per heavy atom. The molecule has 0 heterocycles. The van der Waals surface area contributed by atoms with Crippen molar-refractivity contribution >= 4 is 10.0 Å². The van der Waals surface area contributed by atoms with Gasteiger partial charge in [-0.2, -0.15) is 0 Å². The molecule has 13 heavy (non-hydrogen) atoms. The fourth-order valence-corrected chi connectivity index (χ4v) is 2.16. The second-order valence-electron chi connectivity index (χ2n) is 2.81. The third-order valence-corrected chi connectivity index (χ3v) is 3.02. The summed E-state index contributed by atoms with van der Waals surface area (Å²) in [5, 5.41) is 8.64. The van der Waals surface area contributed by atoms with E-state index in [9.17, 15) is 8.42 Å². The highest BCUT2D eigenvalue weighted by molar-refractivity contribution is 7.89. The van der Waals surface area contributed by atoms with Crippen LogP contribution in [0, 0.1) is 0 Å². The summed E-state index contributed by atoms with van der Waals surface area (Å²) in [6.07, 6.45) is 2.47. The largest absolute Gasteiger partial charge is 0.396 e. The van der Waals surface area contributed by atoms with Crippen molar-refractivity contribution in [1.82, 2.24) is 4.72 Å². The molecule has 0 aromatic rings. The van der Waals surface area contributed by atoms with Crippen LogP contribution in [0.3, 0.4) is 0 Å². The molecule has 0 saturated carbocycles. The fourth-order valence-electron chi connectivity index (χ4n) is 0.959. The highest BCUT2D eigenvalue weighted by Gasteiger charge is 2.13. The van der Waals surface area contributed by atoms with Gasteiger partial charge in [0.2, 0.25) is 10.0 Å². The SMILES string of the molecule is C=CCS(=O)(=O)NC(CC)CCO.